The first-order valence-electron chi connectivity index (χ1n) is 10.8. The molecule has 0 aliphatic carbocycles. The topological polar surface area (TPSA) is 127 Å². The maximum absolute atomic E-state index is 13.5. The number of carbonyl (C=O) groups excluding carboxylic acids is 2. The molecular weight excluding hydrogens is 554 g/mol. The van der Waals surface area contributed by atoms with Crippen LogP contribution in [0, 0.1) is 0 Å². The zero-order valence-electron chi connectivity index (χ0n) is 20.2. The number of carboxylic acids is 2. The third kappa shape index (κ3) is 6.39. The number of hydrogen-bond acceptors (Lipinski definition) is 6. The minimum atomic E-state index is -5.09. The van der Waals surface area contributed by atoms with Crippen molar-refractivity contribution < 1.29 is 65.2 Å². The molecule has 40 heavy (non-hydrogen) atoms. The van der Waals surface area contributed by atoms with Gasteiger partial charge in [0.25, 0.3) is 0 Å². The predicted octanol–water partition coefficient (Wildman–Crippen LogP) is 7.11. The van der Waals surface area contributed by atoms with Crippen LogP contribution in [0.4, 0.5) is 26.3 Å². The van der Waals surface area contributed by atoms with Crippen molar-refractivity contribution >= 4 is 23.5 Å². The van der Waals surface area contributed by atoms with E-state index in [1.807, 2.05) is 0 Å². The van der Waals surface area contributed by atoms with E-state index in [2.05, 4.69) is 0 Å². The van der Waals surface area contributed by atoms with Gasteiger partial charge in [0.2, 0.25) is 0 Å². The first-order valence-corrected chi connectivity index (χ1v) is 10.8. The number of aromatic carboxylic acids is 2. The summed E-state index contributed by atoms with van der Waals surface area (Å²) < 4.78 is 91.8. The number of ketones is 2. The zero-order valence-corrected chi connectivity index (χ0v) is 20.2. The van der Waals surface area contributed by atoms with Crippen LogP contribution in [0.2, 0.25) is 0 Å². The second-order valence-electron chi connectivity index (χ2n) is 8.18. The van der Waals surface area contributed by atoms with Gasteiger partial charge in [-0.05, 0) is 62.4 Å². The molecule has 0 heterocycles. The van der Waals surface area contributed by atoms with Gasteiger partial charge in [0.05, 0.1) is 22.3 Å². The maximum atomic E-state index is 13.5. The molecule has 0 aromatic heterocycles. The number of carbonyl (C=O) groups is 4. The Hall–Kier alpha value is -4.88. The molecule has 0 amide bonds. The molecule has 0 unspecified atom stereocenters. The summed E-state index contributed by atoms with van der Waals surface area (Å²) in [4.78, 5) is 46.5. The molecule has 0 saturated carbocycles. The van der Waals surface area contributed by atoms with Crippen LogP contribution in [0.5, 0.6) is 23.0 Å². The Labute approximate surface area is 220 Å². The van der Waals surface area contributed by atoms with Crippen molar-refractivity contribution in [1.82, 2.24) is 0 Å². The van der Waals surface area contributed by atoms with Crippen LogP contribution in [-0.4, -0.2) is 33.7 Å². The van der Waals surface area contributed by atoms with E-state index in [1.165, 1.54) is 0 Å². The van der Waals surface area contributed by atoms with Gasteiger partial charge >= 0.3 is 24.3 Å². The van der Waals surface area contributed by atoms with E-state index >= 15 is 0 Å². The third-order valence-electron chi connectivity index (χ3n) is 5.29. The summed E-state index contributed by atoms with van der Waals surface area (Å²) in [7, 11) is 0. The molecular formula is C26H16F6O8. The second-order valence-corrected chi connectivity index (χ2v) is 8.18. The normalized spacial score (nSPS) is 11.6. The average molecular weight is 570 g/mol. The number of hydrogen-bond donors (Lipinski definition) is 2. The number of carboxylic acid groups (broad SMARTS) is 2. The van der Waals surface area contributed by atoms with E-state index in [1.54, 1.807) is 0 Å². The molecule has 3 aromatic carbocycles. The number of ether oxygens (including phenoxy) is 2. The number of benzene rings is 3. The second kappa shape index (κ2) is 10.7. The summed E-state index contributed by atoms with van der Waals surface area (Å²) in [5.41, 5.74) is -7.05. The van der Waals surface area contributed by atoms with Gasteiger partial charge in [0.1, 0.15) is 23.0 Å². The van der Waals surface area contributed by atoms with Crippen molar-refractivity contribution in [3.63, 3.8) is 0 Å². The van der Waals surface area contributed by atoms with Gasteiger partial charge in [-0.3, -0.25) is 9.59 Å². The van der Waals surface area contributed by atoms with Crippen molar-refractivity contribution in [2.45, 2.75) is 26.2 Å². The SMILES string of the molecule is CC(=O)c1c(C(=O)O)cc(Oc2ccc(Oc3cc(C(=O)O)c(C(C)=O)c(C(F)(F)F)c3)cc2)cc1C(F)(F)F. The van der Waals surface area contributed by atoms with Crippen molar-refractivity contribution in [2.24, 2.45) is 0 Å². The van der Waals surface area contributed by atoms with Crippen LogP contribution in [-0.2, 0) is 12.4 Å². The zero-order chi connectivity index (χ0) is 30.2. The Morgan fingerprint density at radius 1 is 0.575 bits per heavy atom. The Morgan fingerprint density at radius 2 is 0.875 bits per heavy atom. The number of alkyl halides is 6. The minimum Gasteiger partial charge on any atom is -0.478 e. The first kappa shape index (κ1) is 29.7. The minimum absolute atomic E-state index is 0.151. The van der Waals surface area contributed by atoms with Gasteiger partial charge < -0.3 is 19.7 Å². The molecule has 210 valence electrons. The van der Waals surface area contributed by atoms with Crippen LogP contribution in [0.1, 0.15) is 66.4 Å². The van der Waals surface area contributed by atoms with E-state index in [-0.39, 0.29) is 11.5 Å². The molecule has 0 radical (unpaired) electrons. The highest BCUT2D eigenvalue weighted by Gasteiger charge is 2.39. The predicted molar refractivity (Wildman–Crippen MR) is 123 cm³/mol. The smallest absolute Gasteiger partial charge is 0.417 e. The van der Waals surface area contributed by atoms with Crippen molar-refractivity contribution in [2.75, 3.05) is 0 Å². The first-order chi connectivity index (χ1) is 18.4. The van der Waals surface area contributed by atoms with E-state index < -0.39 is 80.7 Å². The molecule has 0 atom stereocenters. The highest BCUT2D eigenvalue weighted by molar-refractivity contribution is 6.07. The van der Waals surface area contributed by atoms with Gasteiger partial charge in [-0.25, -0.2) is 9.59 Å². The molecule has 0 fully saturated rings. The van der Waals surface area contributed by atoms with Gasteiger partial charge in [0.15, 0.2) is 11.6 Å². The summed E-state index contributed by atoms with van der Waals surface area (Å²) >= 11 is 0. The van der Waals surface area contributed by atoms with Gasteiger partial charge in [-0.2, -0.15) is 26.3 Å². The van der Waals surface area contributed by atoms with Crippen LogP contribution < -0.4 is 9.47 Å². The van der Waals surface area contributed by atoms with Gasteiger partial charge in [-0.15, -0.1) is 0 Å². The van der Waals surface area contributed by atoms with Crippen LogP contribution >= 0.6 is 0 Å². The monoisotopic (exact) mass is 570 g/mol. The lowest BCUT2D eigenvalue weighted by molar-refractivity contribution is -0.138. The van der Waals surface area contributed by atoms with Crippen LogP contribution in [0.25, 0.3) is 0 Å². The molecule has 14 heteroatoms. The summed E-state index contributed by atoms with van der Waals surface area (Å²) in [5.74, 6) is -7.33. The van der Waals surface area contributed by atoms with Crippen LogP contribution in [0.3, 0.4) is 0 Å². The fraction of sp³-hybridized carbons (Fsp3) is 0.154. The number of Topliss-reactive ketones (excluding diaryl/α,β-unsaturated/α-hetero) is 2. The molecule has 0 aliphatic rings. The summed E-state index contributed by atoms with van der Waals surface area (Å²) in [6, 6.07) is 6.81. The standard InChI is InChI=1S/C26H16F6O8/c1-11(33)21-17(23(35)36)7-15(9-19(21)25(27,28)29)39-13-3-5-14(6-4-13)40-16-8-18(24(37)38)22(12(2)34)20(10-16)26(30,31)32/h3-10H,1-2H3,(H,35,36)(H,37,38). The summed E-state index contributed by atoms with van der Waals surface area (Å²) in [6.07, 6.45) is -10.2. The quantitative estimate of drug-likeness (QED) is 0.217. The lowest BCUT2D eigenvalue weighted by atomic mass is 9.97. The molecule has 0 bridgehead atoms. The van der Waals surface area contributed by atoms with Gasteiger partial charge in [-0.1, -0.05) is 0 Å². The van der Waals surface area contributed by atoms with Gasteiger partial charge in [0, 0.05) is 11.1 Å². The van der Waals surface area contributed by atoms with Crippen LogP contribution in [0.15, 0.2) is 48.5 Å². The Bertz CT molecular complexity index is 1410. The fourth-order valence-electron chi connectivity index (χ4n) is 3.74. The van der Waals surface area contributed by atoms with Crippen molar-refractivity contribution in [3.05, 3.63) is 81.9 Å². The maximum Gasteiger partial charge on any atom is 0.417 e. The molecule has 8 nitrogen and oxygen atoms in total. The summed E-state index contributed by atoms with van der Waals surface area (Å²) in [6.45, 7) is 1.56. The molecule has 3 rings (SSSR count). The molecule has 0 spiro atoms. The number of halogens is 6. The van der Waals surface area contributed by atoms with Crippen molar-refractivity contribution in [3.8, 4) is 23.0 Å². The van der Waals surface area contributed by atoms with E-state index in [4.69, 9.17) is 9.47 Å². The Kier molecular flexibility index (Phi) is 7.94. The highest BCUT2D eigenvalue weighted by Crippen LogP contribution is 2.40. The molecule has 0 aliphatic heterocycles. The Balaban J connectivity index is 1.97. The lowest BCUT2D eigenvalue weighted by Crippen LogP contribution is -2.17. The lowest BCUT2D eigenvalue weighted by Gasteiger charge is -2.17. The highest BCUT2D eigenvalue weighted by atomic mass is 19.4. The molecule has 2 N–H and O–H groups in total. The third-order valence-corrected chi connectivity index (χ3v) is 5.29. The van der Waals surface area contributed by atoms with E-state index in [9.17, 15) is 55.7 Å². The molecule has 3 aromatic rings. The summed E-state index contributed by atoms with van der Waals surface area (Å²) in [5, 5.41) is 18.7. The fourth-order valence-corrected chi connectivity index (χ4v) is 3.74. The van der Waals surface area contributed by atoms with E-state index in [0.717, 1.165) is 50.2 Å². The molecule has 0 saturated heterocycles. The van der Waals surface area contributed by atoms with E-state index in [0.29, 0.717) is 12.1 Å². The Morgan fingerprint density at radius 3 is 1.10 bits per heavy atom. The average Bonchev–Trinajstić information content (AvgIpc) is 2.82. The number of rotatable bonds is 8. The van der Waals surface area contributed by atoms with Crippen molar-refractivity contribution in [1.29, 1.82) is 0 Å². The largest absolute Gasteiger partial charge is 0.478 e.